The zero-order chi connectivity index (χ0) is 16.2. The number of carbonyl (C=O) groups is 1. The highest BCUT2D eigenvalue weighted by Crippen LogP contribution is 2.15. The van der Waals surface area contributed by atoms with Gasteiger partial charge in [0.25, 0.3) is 10.0 Å². The van der Waals surface area contributed by atoms with Crippen molar-refractivity contribution in [2.45, 2.75) is 18.2 Å². The van der Waals surface area contributed by atoms with Gasteiger partial charge in [-0.2, -0.15) is 0 Å². The molecule has 0 fully saturated rings. The van der Waals surface area contributed by atoms with Crippen LogP contribution in [0.1, 0.15) is 12.5 Å². The Hall–Kier alpha value is -2.47. The van der Waals surface area contributed by atoms with E-state index in [1.165, 1.54) is 18.3 Å². The first-order valence-electron chi connectivity index (χ1n) is 6.60. The summed E-state index contributed by atoms with van der Waals surface area (Å²) in [5.74, 6) is 0.186. The highest BCUT2D eigenvalue weighted by molar-refractivity contribution is 7.92. The van der Waals surface area contributed by atoms with E-state index in [1.807, 2.05) is 0 Å². The molecule has 0 amide bonds. The molecule has 2 aromatic rings. The smallest absolute Gasteiger partial charge is 0.263 e. The predicted octanol–water partition coefficient (Wildman–Crippen LogP) is 2.57. The minimum absolute atomic E-state index is 0.0674. The molecule has 0 spiro atoms. The average Bonchev–Trinajstić information content (AvgIpc) is 2.48. The van der Waals surface area contributed by atoms with Crippen LogP contribution in [0, 0.1) is 0 Å². The lowest BCUT2D eigenvalue weighted by atomic mass is 10.1. The molecule has 0 aliphatic rings. The Balaban J connectivity index is 2.15. The number of sulfonamides is 1. The van der Waals surface area contributed by atoms with Crippen LogP contribution < -0.4 is 4.72 Å². The van der Waals surface area contributed by atoms with Gasteiger partial charge < -0.3 is 0 Å². The number of hydrogen-bond acceptors (Lipinski definition) is 4. The van der Waals surface area contributed by atoms with E-state index in [9.17, 15) is 13.2 Å². The van der Waals surface area contributed by atoms with E-state index in [4.69, 9.17) is 0 Å². The Morgan fingerprint density at radius 1 is 1.18 bits per heavy atom. The molecule has 1 aromatic heterocycles. The summed E-state index contributed by atoms with van der Waals surface area (Å²) in [5.41, 5.74) is 1.22. The third-order valence-electron chi connectivity index (χ3n) is 2.98. The monoisotopic (exact) mass is 316 g/mol. The SMILES string of the molecule is C=C(C)C(=O)Cc1ccc(S(=O)(=O)Nc2ccccn2)cc1. The zero-order valence-corrected chi connectivity index (χ0v) is 12.9. The molecule has 0 atom stereocenters. The van der Waals surface area contributed by atoms with E-state index in [1.54, 1.807) is 37.3 Å². The van der Waals surface area contributed by atoms with Crippen molar-refractivity contribution in [1.29, 1.82) is 0 Å². The summed E-state index contributed by atoms with van der Waals surface area (Å²) >= 11 is 0. The summed E-state index contributed by atoms with van der Waals surface area (Å²) in [6, 6.07) is 11.1. The van der Waals surface area contributed by atoms with Crippen molar-refractivity contribution in [1.82, 2.24) is 4.98 Å². The van der Waals surface area contributed by atoms with Crippen LogP contribution in [0.4, 0.5) is 5.82 Å². The maximum atomic E-state index is 12.2. The maximum absolute atomic E-state index is 12.2. The number of benzene rings is 1. The summed E-state index contributed by atoms with van der Waals surface area (Å²) in [4.78, 5) is 15.6. The molecule has 0 saturated carbocycles. The number of Topliss-reactive ketones (excluding diaryl/α,β-unsaturated/α-hetero) is 1. The van der Waals surface area contributed by atoms with Gasteiger partial charge >= 0.3 is 0 Å². The number of rotatable bonds is 6. The number of ketones is 1. The fraction of sp³-hybridized carbons (Fsp3) is 0.125. The number of nitrogens with one attached hydrogen (secondary N) is 1. The van der Waals surface area contributed by atoms with Crippen molar-refractivity contribution in [2.75, 3.05) is 4.72 Å². The van der Waals surface area contributed by atoms with E-state index < -0.39 is 10.0 Å². The molecule has 0 aliphatic carbocycles. The zero-order valence-electron chi connectivity index (χ0n) is 12.1. The Morgan fingerprint density at radius 3 is 2.41 bits per heavy atom. The minimum atomic E-state index is -3.69. The van der Waals surface area contributed by atoms with E-state index in [2.05, 4.69) is 16.3 Å². The topological polar surface area (TPSA) is 76.1 Å². The highest BCUT2D eigenvalue weighted by Gasteiger charge is 2.15. The van der Waals surface area contributed by atoms with Gasteiger partial charge in [-0.1, -0.05) is 24.8 Å². The third kappa shape index (κ3) is 4.02. The molecular formula is C16H16N2O3S. The van der Waals surface area contributed by atoms with Crippen LogP contribution in [-0.4, -0.2) is 19.2 Å². The van der Waals surface area contributed by atoms with Crippen LogP contribution in [0.5, 0.6) is 0 Å². The number of hydrogen-bond donors (Lipinski definition) is 1. The Labute approximate surface area is 129 Å². The number of pyridine rings is 1. The molecule has 6 heteroatoms. The standard InChI is InChI=1S/C16H16N2O3S/c1-12(2)15(19)11-13-6-8-14(9-7-13)22(20,21)18-16-5-3-4-10-17-16/h3-10H,1,11H2,2H3,(H,17,18). The molecule has 1 heterocycles. The van der Waals surface area contributed by atoms with Crippen LogP contribution in [-0.2, 0) is 21.2 Å². The first-order valence-corrected chi connectivity index (χ1v) is 8.08. The molecule has 22 heavy (non-hydrogen) atoms. The number of carbonyl (C=O) groups excluding carboxylic acids is 1. The molecule has 0 unspecified atom stereocenters. The molecule has 2 rings (SSSR count). The second-order valence-corrected chi connectivity index (χ2v) is 6.53. The van der Waals surface area contributed by atoms with Gasteiger partial charge in [0, 0.05) is 12.6 Å². The molecule has 0 radical (unpaired) electrons. The van der Waals surface area contributed by atoms with Crippen molar-refractivity contribution >= 4 is 21.6 Å². The molecule has 1 N–H and O–H groups in total. The molecule has 5 nitrogen and oxygen atoms in total. The van der Waals surface area contributed by atoms with Crippen molar-refractivity contribution < 1.29 is 13.2 Å². The Morgan fingerprint density at radius 2 is 1.86 bits per heavy atom. The third-order valence-corrected chi connectivity index (χ3v) is 4.35. The van der Waals surface area contributed by atoms with E-state index in [-0.39, 0.29) is 22.9 Å². The summed E-state index contributed by atoms with van der Waals surface area (Å²) in [5, 5.41) is 0. The van der Waals surface area contributed by atoms with Gasteiger partial charge in [0.2, 0.25) is 0 Å². The van der Waals surface area contributed by atoms with Gasteiger partial charge in [-0.05, 0) is 42.3 Å². The number of anilines is 1. The largest absolute Gasteiger partial charge is 0.294 e. The summed E-state index contributed by atoms with van der Waals surface area (Å²) in [6.45, 7) is 5.24. The molecule has 1 aromatic carbocycles. The second-order valence-electron chi connectivity index (χ2n) is 4.84. The number of allylic oxidation sites excluding steroid dienone is 1. The van der Waals surface area contributed by atoms with Gasteiger partial charge in [-0.15, -0.1) is 0 Å². The summed E-state index contributed by atoms with van der Waals surface area (Å²) in [6.07, 6.45) is 1.72. The van der Waals surface area contributed by atoms with Crippen LogP contribution in [0.3, 0.4) is 0 Å². The minimum Gasteiger partial charge on any atom is -0.294 e. The van der Waals surface area contributed by atoms with E-state index in [0.29, 0.717) is 5.57 Å². The first kappa shape index (κ1) is 15.9. The number of aromatic nitrogens is 1. The predicted molar refractivity (Wildman–Crippen MR) is 85.0 cm³/mol. The molecule has 0 saturated heterocycles. The fourth-order valence-corrected chi connectivity index (χ4v) is 2.75. The first-order chi connectivity index (χ1) is 10.4. The Bertz CT molecular complexity index is 782. The van der Waals surface area contributed by atoms with Crippen molar-refractivity contribution in [3.05, 3.63) is 66.4 Å². The quantitative estimate of drug-likeness (QED) is 0.831. The highest BCUT2D eigenvalue weighted by atomic mass is 32.2. The molecule has 114 valence electrons. The van der Waals surface area contributed by atoms with Gasteiger partial charge in [0.05, 0.1) is 4.90 Å². The average molecular weight is 316 g/mol. The second kappa shape index (κ2) is 6.53. The van der Waals surface area contributed by atoms with Crippen LogP contribution in [0.25, 0.3) is 0 Å². The van der Waals surface area contributed by atoms with Gasteiger partial charge in [-0.25, -0.2) is 13.4 Å². The lowest BCUT2D eigenvalue weighted by Crippen LogP contribution is -2.14. The Kier molecular flexibility index (Phi) is 4.72. The summed E-state index contributed by atoms with van der Waals surface area (Å²) < 4.78 is 26.8. The summed E-state index contributed by atoms with van der Waals surface area (Å²) in [7, 11) is -3.69. The number of nitrogens with zero attached hydrogens (tertiary/aromatic N) is 1. The van der Waals surface area contributed by atoms with Crippen molar-refractivity contribution in [2.24, 2.45) is 0 Å². The lowest BCUT2D eigenvalue weighted by molar-refractivity contribution is -0.114. The van der Waals surface area contributed by atoms with Crippen molar-refractivity contribution in [3.8, 4) is 0 Å². The van der Waals surface area contributed by atoms with Crippen LogP contribution in [0.15, 0.2) is 65.7 Å². The molecular weight excluding hydrogens is 300 g/mol. The van der Waals surface area contributed by atoms with E-state index >= 15 is 0 Å². The van der Waals surface area contributed by atoms with E-state index in [0.717, 1.165) is 5.56 Å². The molecule has 0 bridgehead atoms. The van der Waals surface area contributed by atoms with Crippen LogP contribution >= 0.6 is 0 Å². The van der Waals surface area contributed by atoms with Gasteiger partial charge in [-0.3, -0.25) is 9.52 Å². The van der Waals surface area contributed by atoms with Crippen molar-refractivity contribution in [3.63, 3.8) is 0 Å². The van der Waals surface area contributed by atoms with Gasteiger partial charge in [0.15, 0.2) is 5.78 Å². The molecule has 0 aliphatic heterocycles. The van der Waals surface area contributed by atoms with Gasteiger partial charge in [0.1, 0.15) is 5.82 Å². The van der Waals surface area contributed by atoms with Crippen LogP contribution in [0.2, 0.25) is 0 Å². The maximum Gasteiger partial charge on any atom is 0.263 e. The lowest BCUT2D eigenvalue weighted by Gasteiger charge is -2.08. The fourth-order valence-electron chi connectivity index (χ4n) is 1.74. The normalized spacial score (nSPS) is 11.0.